The van der Waals surface area contributed by atoms with Gasteiger partial charge in [0.1, 0.15) is 0 Å². The number of nitrogens with one attached hydrogen (secondary N) is 2. The molecule has 0 aromatic heterocycles. The lowest BCUT2D eigenvalue weighted by Gasteiger charge is -2.15. The number of hydrogen-bond acceptors (Lipinski definition) is 3. The van der Waals surface area contributed by atoms with E-state index in [1.807, 2.05) is 31.2 Å². The quantitative estimate of drug-likeness (QED) is 0.701. The van der Waals surface area contributed by atoms with Gasteiger partial charge in [-0.1, -0.05) is 30.3 Å². The van der Waals surface area contributed by atoms with Gasteiger partial charge in [-0.3, -0.25) is 9.59 Å². The zero-order chi connectivity index (χ0) is 19.4. The third-order valence-electron chi connectivity index (χ3n) is 4.60. The van der Waals surface area contributed by atoms with Crippen LogP contribution in [0.4, 0.5) is 5.69 Å². The van der Waals surface area contributed by atoms with Crippen molar-refractivity contribution in [3.63, 3.8) is 0 Å². The summed E-state index contributed by atoms with van der Waals surface area (Å²) in [5.74, 6) is -1.09. The fourth-order valence-electron chi connectivity index (χ4n) is 2.88. The van der Waals surface area contributed by atoms with E-state index < -0.39 is 5.97 Å². The lowest BCUT2D eigenvalue weighted by atomic mass is 10.0. The number of hydrogen-bond donors (Lipinski definition) is 3. The molecular formula is C21H22N2O4. The van der Waals surface area contributed by atoms with Gasteiger partial charge in [-0.15, -0.1) is 0 Å². The number of carboxylic acid groups (broad SMARTS) is 1. The predicted octanol–water partition coefficient (Wildman–Crippen LogP) is 3.15. The van der Waals surface area contributed by atoms with E-state index in [4.69, 9.17) is 0 Å². The van der Waals surface area contributed by atoms with Gasteiger partial charge in [0.2, 0.25) is 11.8 Å². The van der Waals surface area contributed by atoms with Crippen LogP contribution in [0.25, 0.3) is 0 Å². The Morgan fingerprint density at radius 3 is 2.37 bits per heavy atom. The average molecular weight is 366 g/mol. The van der Waals surface area contributed by atoms with E-state index in [9.17, 15) is 19.5 Å². The largest absolute Gasteiger partial charge is 0.478 e. The molecule has 6 heteroatoms. The van der Waals surface area contributed by atoms with Gasteiger partial charge in [-0.25, -0.2) is 4.79 Å². The molecule has 1 saturated carbocycles. The normalized spacial score (nSPS) is 14.3. The van der Waals surface area contributed by atoms with E-state index in [-0.39, 0.29) is 35.8 Å². The highest BCUT2D eigenvalue weighted by atomic mass is 16.4. The predicted molar refractivity (Wildman–Crippen MR) is 101 cm³/mol. The summed E-state index contributed by atoms with van der Waals surface area (Å²) < 4.78 is 0. The maximum atomic E-state index is 12.3. The van der Waals surface area contributed by atoms with E-state index >= 15 is 0 Å². The van der Waals surface area contributed by atoms with Crippen LogP contribution >= 0.6 is 0 Å². The third-order valence-corrected chi connectivity index (χ3v) is 4.60. The Labute approximate surface area is 157 Å². The zero-order valence-corrected chi connectivity index (χ0v) is 15.1. The highest BCUT2D eigenvalue weighted by Crippen LogP contribution is 2.30. The molecule has 2 amide bonds. The van der Waals surface area contributed by atoms with Gasteiger partial charge in [-0.2, -0.15) is 0 Å². The molecule has 1 unspecified atom stereocenters. The van der Waals surface area contributed by atoms with Crippen molar-refractivity contribution in [2.45, 2.75) is 32.2 Å². The summed E-state index contributed by atoms with van der Waals surface area (Å²) in [5, 5.41) is 15.0. The van der Waals surface area contributed by atoms with Crippen molar-refractivity contribution < 1.29 is 19.5 Å². The SMILES string of the molecule is CC(NC(=O)Cc1ccccc1C(=O)O)c1ccc(NC(=O)C2CC2)cc1. The molecule has 2 aromatic rings. The van der Waals surface area contributed by atoms with Gasteiger partial charge >= 0.3 is 5.97 Å². The molecule has 1 aliphatic rings. The molecule has 1 aliphatic carbocycles. The van der Waals surface area contributed by atoms with Crippen molar-refractivity contribution in [1.82, 2.24) is 5.32 Å². The first-order chi connectivity index (χ1) is 12.9. The number of aromatic carboxylic acids is 1. The Morgan fingerprint density at radius 1 is 1.07 bits per heavy atom. The molecule has 1 atom stereocenters. The fraction of sp³-hybridized carbons (Fsp3) is 0.286. The highest BCUT2D eigenvalue weighted by Gasteiger charge is 2.29. The molecule has 0 aliphatic heterocycles. The summed E-state index contributed by atoms with van der Waals surface area (Å²) >= 11 is 0. The molecule has 27 heavy (non-hydrogen) atoms. The van der Waals surface area contributed by atoms with E-state index in [0.717, 1.165) is 24.1 Å². The Kier molecular flexibility index (Phi) is 5.54. The van der Waals surface area contributed by atoms with Crippen LogP contribution < -0.4 is 10.6 Å². The van der Waals surface area contributed by atoms with Gasteiger partial charge < -0.3 is 15.7 Å². The molecule has 3 N–H and O–H groups in total. The molecule has 0 saturated heterocycles. The maximum absolute atomic E-state index is 12.3. The molecule has 0 bridgehead atoms. The number of anilines is 1. The van der Waals surface area contributed by atoms with Gasteiger partial charge in [0.25, 0.3) is 0 Å². The second-order valence-electron chi connectivity index (χ2n) is 6.81. The molecule has 140 valence electrons. The topological polar surface area (TPSA) is 95.5 Å². The molecule has 0 radical (unpaired) electrons. The summed E-state index contributed by atoms with van der Waals surface area (Å²) in [7, 11) is 0. The summed E-state index contributed by atoms with van der Waals surface area (Å²) in [6.45, 7) is 1.86. The second-order valence-corrected chi connectivity index (χ2v) is 6.81. The molecule has 6 nitrogen and oxygen atoms in total. The molecule has 2 aromatic carbocycles. The van der Waals surface area contributed by atoms with Crippen LogP contribution in [0.15, 0.2) is 48.5 Å². The highest BCUT2D eigenvalue weighted by molar-refractivity contribution is 5.94. The van der Waals surface area contributed by atoms with Crippen LogP contribution in [0.5, 0.6) is 0 Å². The molecule has 3 rings (SSSR count). The molecule has 0 spiro atoms. The van der Waals surface area contributed by atoms with Gasteiger partial charge in [-0.05, 0) is 49.1 Å². The van der Waals surface area contributed by atoms with Crippen molar-refractivity contribution in [1.29, 1.82) is 0 Å². The standard InChI is InChI=1S/C21H22N2O4/c1-13(14-8-10-17(11-9-14)23-20(25)15-6-7-15)22-19(24)12-16-4-2-3-5-18(16)21(26)27/h2-5,8-11,13,15H,6-7,12H2,1H3,(H,22,24)(H,23,25)(H,26,27). The van der Waals surface area contributed by atoms with Crippen molar-refractivity contribution in [2.24, 2.45) is 5.92 Å². The number of benzene rings is 2. The summed E-state index contributed by atoms with van der Waals surface area (Å²) in [5.41, 5.74) is 2.26. The van der Waals surface area contributed by atoms with Crippen molar-refractivity contribution >= 4 is 23.5 Å². The Morgan fingerprint density at radius 2 is 1.74 bits per heavy atom. The van der Waals surface area contributed by atoms with E-state index in [2.05, 4.69) is 10.6 Å². The van der Waals surface area contributed by atoms with Crippen LogP contribution in [0.1, 0.15) is 47.3 Å². The summed E-state index contributed by atoms with van der Waals surface area (Å²) in [6, 6.07) is 13.6. The van der Waals surface area contributed by atoms with Gasteiger partial charge in [0, 0.05) is 11.6 Å². The molecule has 0 heterocycles. The minimum Gasteiger partial charge on any atom is -0.478 e. The smallest absolute Gasteiger partial charge is 0.335 e. The van der Waals surface area contributed by atoms with Crippen LogP contribution in [0, 0.1) is 5.92 Å². The first kappa shape index (κ1) is 18.6. The van der Waals surface area contributed by atoms with Crippen molar-refractivity contribution in [3.8, 4) is 0 Å². The third kappa shape index (κ3) is 4.94. The van der Waals surface area contributed by atoms with Crippen molar-refractivity contribution in [3.05, 3.63) is 65.2 Å². The minimum absolute atomic E-state index is 0.00232. The number of rotatable bonds is 7. The number of amides is 2. The lowest BCUT2D eigenvalue weighted by molar-refractivity contribution is -0.121. The van der Waals surface area contributed by atoms with Crippen LogP contribution in [-0.4, -0.2) is 22.9 Å². The molecule has 1 fully saturated rings. The number of carbonyl (C=O) groups excluding carboxylic acids is 2. The maximum Gasteiger partial charge on any atom is 0.335 e. The van der Waals surface area contributed by atoms with Gasteiger partial charge in [0.05, 0.1) is 18.0 Å². The van der Waals surface area contributed by atoms with Gasteiger partial charge in [0.15, 0.2) is 0 Å². The fourth-order valence-corrected chi connectivity index (χ4v) is 2.88. The van der Waals surface area contributed by atoms with Crippen LogP contribution in [0.3, 0.4) is 0 Å². The average Bonchev–Trinajstić information content (AvgIpc) is 3.47. The molecular weight excluding hydrogens is 344 g/mol. The van der Waals surface area contributed by atoms with Crippen molar-refractivity contribution in [2.75, 3.05) is 5.32 Å². The summed E-state index contributed by atoms with van der Waals surface area (Å²) in [6.07, 6.45) is 1.92. The zero-order valence-electron chi connectivity index (χ0n) is 15.1. The Bertz CT molecular complexity index is 857. The van der Waals surface area contributed by atoms with Crippen LogP contribution in [-0.2, 0) is 16.0 Å². The minimum atomic E-state index is -1.05. The lowest BCUT2D eigenvalue weighted by Crippen LogP contribution is -2.28. The Balaban J connectivity index is 1.58. The first-order valence-corrected chi connectivity index (χ1v) is 8.95. The first-order valence-electron chi connectivity index (χ1n) is 8.95. The van der Waals surface area contributed by atoms with Crippen LogP contribution in [0.2, 0.25) is 0 Å². The second kappa shape index (κ2) is 8.03. The summed E-state index contributed by atoms with van der Waals surface area (Å²) in [4.78, 5) is 35.3. The van der Waals surface area contributed by atoms with E-state index in [0.29, 0.717) is 5.56 Å². The van der Waals surface area contributed by atoms with E-state index in [1.165, 1.54) is 6.07 Å². The monoisotopic (exact) mass is 366 g/mol. The Hall–Kier alpha value is -3.15. The number of carboxylic acids is 1. The van der Waals surface area contributed by atoms with E-state index in [1.54, 1.807) is 18.2 Å². The number of carbonyl (C=O) groups is 3.